The third kappa shape index (κ3) is 7.77. The molecule has 0 amide bonds. The van der Waals surface area contributed by atoms with Crippen LogP contribution in [0.2, 0.25) is 0 Å². The van der Waals surface area contributed by atoms with E-state index in [4.69, 9.17) is 9.47 Å². The number of aromatic nitrogens is 1. The maximum absolute atomic E-state index is 5.73. The predicted octanol–water partition coefficient (Wildman–Crippen LogP) is 2.18. The zero-order valence-electron chi connectivity index (χ0n) is 13.8. The average Bonchev–Trinajstić information content (AvgIpc) is 3.21. The number of hydrogen-bond acceptors (Lipinski definition) is 5. The van der Waals surface area contributed by atoms with Gasteiger partial charge in [-0.05, 0) is 19.3 Å². The molecule has 0 aromatic carbocycles. The topological polar surface area (TPSA) is 67.8 Å². The molecule has 1 unspecified atom stereocenters. The van der Waals surface area contributed by atoms with Crippen LogP contribution in [0.25, 0.3) is 0 Å². The molecule has 0 spiro atoms. The first-order chi connectivity index (χ1) is 10.8. The van der Waals surface area contributed by atoms with E-state index in [0.29, 0.717) is 6.54 Å². The second-order valence-corrected chi connectivity index (χ2v) is 6.09. The minimum atomic E-state index is 0. The van der Waals surface area contributed by atoms with Crippen molar-refractivity contribution in [1.29, 1.82) is 0 Å². The van der Waals surface area contributed by atoms with Gasteiger partial charge in [-0.2, -0.15) is 0 Å². The summed E-state index contributed by atoms with van der Waals surface area (Å²) in [6.45, 7) is 5.98. The van der Waals surface area contributed by atoms with Crippen LogP contribution < -0.4 is 10.6 Å². The SMILES string of the molecule is CCc1nc(CNC(=NC)NCCCOC2CCOC2)cs1.I. The average molecular weight is 454 g/mol. The Morgan fingerprint density at radius 1 is 1.52 bits per heavy atom. The van der Waals surface area contributed by atoms with Gasteiger partial charge in [0.1, 0.15) is 0 Å². The number of aryl methyl sites for hydroxylation is 1. The summed E-state index contributed by atoms with van der Waals surface area (Å²) in [4.78, 5) is 8.74. The van der Waals surface area contributed by atoms with Gasteiger partial charge in [0.05, 0.1) is 30.0 Å². The maximum atomic E-state index is 5.73. The zero-order chi connectivity index (χ0) is 15.6. The first-order valence-electron chi connectivity index (χ1n) is 7.89. The van der Waals surface area contributed by atoms with Crippen LogP contribution >= 0.6 is 35.3 Å². The van der Waals surface area contributed by atoms with Crippen LogP contribution in [0.4, 0.5) is 0 Å². The molecule has 6 nitrogen and oxygen atoms in total. The highest BCUT2D eigenvalue weighted by atomic mass is 127. The highest BCUT2D eigenvalue weighted by Gasteiger charge is 2.15. The number of halogens is 1. The fourth-order valence-electron chi connectivity index (χ4n) is 2.16. The number of nitrogens with zero attached hydrogens (tertiary/aromatic N) is 2. The molecule has 1 aliphatic rings. The molecule has 8 heteroatoms. The fraction of sp³-hybridized carbons (Fsp3) is 0.733. The van der Waals surface area contributed by atoms with E-state index in [9.17, 15) is 0 Å². The molecule has 1 aromatic heterocycles. The summed E-state index contributed by atoms with van der Waals surface area (Å²) < 4.78 is 11.0. The number of thiazole rings is 1. The Hall–Kier alpha value is -0.450. The van der Waals surface area contributed by atoms with Gasteiger partial charge in [0.25, 0.3) is 0 Å². The highest BCUT2D eigenvalue weighted by Crippen LogP contribution is 2.09. The van der Waals surface area contributed by atoms with Crippen LogP contribution in [-0.4, -0.2) is 50.5 Å². The Kier molecular flexibility index (Phi) is 10.7. The molecule has 0 bridgehead atoms. The van der Waals surface area contributed by atoms with Crippen LogP contribution in [0.5, 0.6) is 0 Å². The van der Waals surface area contributed by atoms with Crippen LogP contribution in [-0.2, 0) is 22.4 Å². The lowest BCUT2D eigenvalue weighted by molar-refractivity contribution is 0.0420. The lowest BCUT2D eigenvalue weighted by Crippen LogP contribution is -2.37. The zero-order valence-corrected chi connectivity index (χ0v) is 17.0. The highest BCUT2D eigenvalue weighted by molar-refractivity contribution is 14.0. The Bertz CT molecular complexity index is 464. The molecule has 132 valence electrons. The minimum absolute atomic E-state index is 0. The normalized spacial score (nSPS) is 17.8. The van der Waals surface area contributed by atoms with Gasteiger partial charge in [-0.3, -0.25) is 4.99 Å². The molecule has 1 fully saturated rings. The standard InChI is InChI=1S/C15H26N4O2S.HI/c1-3-14-19-12(11-22-14)9-18-15(16-2)17-6-4-7-21-13-5-8-20-10-13;/h11,13H,3-10H2,1-2H3,(H2,16,17,18);1H. The molecular weight excluding hydrogens is 427 g/mol. The molecular formula is C15H27IN4O2S. The van der Waals surface area contributed by atoms with Crippen molar-refractivity contribution in [3.05, 3.63) is 16.1 Å². The summed E-state index contributed by atoms with van der Waals surface area (Å²) in [7, 11) is 1.78. The van der Waals surface area contributed by atoms with Gasteiger partial charge in [-0.1, -0.05) is 6.92 Å². The van der Waals surface area contributed by atoms with E-state index >= 15 is 0 Å². The van der Waals surface area contributed by atoms with Gasteiger partial charge >= 0.3 is 0 Å². The Morgan fingerprint density at radius 3 is 3.04 bits per heavy atom. The largest absolute Gasteiger partial charge is 0.379 e. The molecule has 2 rings (SSSR count). The van der Waals surface area contributed by atoms with E-state index in [1.165, 1.54) is 5.01 Å². The Morgan fingerprint density at radius 2 is 2.39 bits per heavy atom. The molecule has 0 saturated carbocycles. The van der Waals surface area contributed by atoms with Crippen LogP contribution in [0.15, 0.2) is 10.4 Å². The summed E-state index contributed by atoms with van der Waals surface area (Å²) in [5.74, 6) is 0.801. The number of aliphatic imine (C=N–C) groups is 1. The van der Waals surface area contributed by atoms with Gasteiger partial charge < -0.3 is 20.1 Å². The van der Waals surface area contributed by atoms with Crippen molar-refractivity contribution in [2.24, 2.45) is 4.99 Å². The number of nitrogens with one attached hydrogen (secondary N) is 2. The summed E-state index contributed by atoms with van der Waals surface area (Å²) in [5, 5.41) is 9.83. The maximum Gasteiger partial charge on any atom is 0.191 e. The van der Waals surface area contributed by atoms with E-state index < -0.39 is 0 Å². The van der Waals surface area contributed by atoms with Crippen LogP contribution in [0, 0.1) is 0 Å². The van der Waals surface area contributed by atoms with Crippen molar-refractivity contribution in [3.63, 3.8) is 0 Å². The van der Waals surface area contributed by atoms with E-state index in [2.05, 4.69) is 32.9 Å². The Labute approximate surface area is 159 Å². The second kappa shape index (κ2) is 12.0. The van der Waals surface area contributed by atoms with Gasteiger partial charge in [-0.15, -0.1) is 35.3 Å². The number of hydrogen-bond donors (Lipinski definition) is 2. The summed E-state index contributed by atoms with van der Waals surface area (Å²) in [6, 6.07) is 0. The molecule has 2 N–H and O–H groups in total. The number of ether oxygens (including phenoxy) is 2. The molecule has 0 radical (unpaired) electrons. The van der Waals surface area contributed by atoms with Crippen molar-refractivity contribution < 1.29 is 9.47 Å². The van der Waals surface area contributed by atoms with Crippen LogP contribution in [0.3, 0.4) is 0 Å². The fourth-order valence-corrected chi connectivity index (χ4v) is 2.91. The Balaban J connectivity index is 0.00000264. The van der Waals surface area contributed by atoms with Crippen molar-refractivity contribution in [1.82, 2.24) is 15.6 Å². The third-order valence-electron chi connectivity index (χ3n) is 3.42. The van der Waals surface area contributed by atoms with E-state index in [1.807, 2.05) is 0 Å². The summed E-state index contributed by atoms with van der Waals surface area (Å²) in [5.41, 5.74) is 1.06. The predicted molar refractivity (Wildman–Crippen MR) is 105 cm³/mol. The molecule has 0 aliphatic carbocycles. The van der Waals surface area contributed by atoms with Gasteiger partial charge in [0.15, 0.2) is 5.96 Å². The molecule has 1 aromatic rings. The van der Waals surface area contributed by atoms with Crippen molar-refractivity contribution in [2.45, 2.75) is 38.8 Å². The number of guanidine groups is 1. The molecule has 1 saturated heterocycles. The minimum Gasteiger partial charge on any atom is -0.379 e. The molecule has 2 heterocycles. The van der Waals surface area contributed by atoms with Gasteiger partial charge in [0, 0.05) is 32.2 Å². The third-order valence-corrected chi connectivity index (χ3v) is 4.46. The lowest BCUT2D eigenvalue weighted by atomic mass is 10.3. The quantitative estimate of drug-likeness (QED) is 0.273. The summed E-state index contributed by atoms with van der Waals surface area (Å²) in [6.07, 6.45) is 3.25. The molecule has 1 aliphatic heterocycles. The van der Waals surface area contributed by atoms with E-state index in [1.54, 1.807) is 18.4 Å². The smallest absolute Gasteiger partial charge is 0.191 e. The van der Waals surface area contributed by atoms with E-state index in [-0.39, 0.29) is 30.1 Å². The number of rotatable bonds is 8. The molecule has 23 heavy (non-hydrogen) atoms. The first kappa shape index (κ1) is 20.6. The first-order valence-corrected chi connectivity index (χ1v) is 8.77. The van der Waals surface area contributed by atoms with Crippen molar-refractivity contribution in [3.8, 4) is 0 Å². The lowest BCUT2D eigenvalue weighted by Gasteiger charge is -2.12. The van der Waals surface area contributed by atoms with E-state index in [0.717, 1.165) is 57.3 Å². The molecule has 1 atom stereocenters. The van der Waals surface area contributed by atoms with Crippen LogP contribution in [0.1, 0.15) is 30.5 Å². The monoisotopic (exact) mass is 454 g/mol. The van der Waals surface area contributed by atoms with Gasteiger partial charge in [-0.25, -0.2) is 4.98 Å². The van der Waals surface area contributed by atoms with Crippen molar-refractivity contribution >= 4 is 41.3 Å². The van der Waals surface area contributed by atoms with Gasteiger partial charge in [0.2, 0.25) is 0 Å². The second-order valence-electron chi connectivity index (χ2n) is 5.15. The van der Waals surface area contributed by atoms with Crippen molar-refractivity contribution in [2.75, 3.05) is 33.4 Å². The summed E-state index contributed by atoms with van der Waals surface area (Å²) >= 11 is 1.71.